The number of hydrogen-bond donors (Lipinski definition) is 2. The van der Waals surface area contributed by atoms with E-state index in [-0.39, 0.29) is 18.7 Å². The summed E-state index contributed by atoms with van der Waals surface area (Å²) in [6, 6.07) is 18.6. The lowest BCUT2D eigenvalue weighted by atomic mass is 10.2. The first-order chi connectivity index (χ1) is 10.7. The average molecular weight is 298 g/mol. The highest BCUT2D eigenvalue weighted by Gasteiger charge is 2.16. The Kier molecular flexibility index (Phi) is 5.54. The van der Waals surface area contributed by atoms with Gasteiger partial charge in [-0.15, -0.1) is 0 Å². The molecule has 2 aromatic carbocycles. The number of hydrogen-bond acceptors (Lipinski definition) is 3. The monoisotopic (exact) mass is 298 g/mol. The number of para-hydroxylation sites is 2. The molecule has 0 radical (unpaired) electrons. The van der Waals surface area contributed by atoms with Crippen molar-refractivity contribution in [2.24, 2.45) is 0 Å². The van der Waals surface area contributed by atoms with Crippen LogP contribution in [0.1, 0.15) is 19.3 Å². The van der Waals surface area contributed by atoms with Crippen LogP contribution in [0.4, 0.5) is 11.4 Å². The van der Waals surface area contributed by atoms with Crippen LogP contribution < -0.4 is 10.4 Å². The number of rotatable bonds is 7. The van der Waals surface area contributed by atoms with E-state index in [1.807, 2.05) is 60.7 Å². The summed E-state index contributed by atoms with van der Waals surface area (Å²) in [5, 5.41) is 10.1. The highest BCUT2D eigenvalue weighted by atomic mass is 16.4. The number of anilines is 2. The Morgan fingerprint density at radius 1 is 0.909 bits per heavy atom. The molecular formula is C17H18N2O3. The topological polar surface area (TPSA) is 69.6 Å². The largest absolute Gasteiger partial charge is 0.481 e. The molecule has 22 heavy (non-hydrogen) atoms. The quantitative estimate of drug-likeness (QED) is 0.769. The summed E-state index contributed by atoms with van der Waals surface area (Å²) in [4.78, 5) is 23.0. The normalized spacial score (nSPS) is 10.0. The summed E-state index contributed by atoms with van der Waals surface area (Å²) >= 11 is 0. The minimum absolute atomic E-state index is 0.0142. The number of aliphatic carboxylic acids is 1. The van der Waals surface area contributed by atoms with Gasteiger partial charge < -0.3 is 5.11 Å². The zero-order valence-electron chi connectivity index (χ0n) is 12.1. The number of carbonyl (C=O) groups is 2. The molecule has 0 saturated carbocycles. The van der Waals surface area contributed by atoms with Crippen molar-refractivity contribution in [1.82, 2.24) is 0 Å². The first-order valence-electron chi connectivity index (χ1n) is 7.08. The fourth-order valence-electron chi connectivity index (χ4n) is 1.99. The molecule has 114 valence electrons. The molecule has 0 aliphatic heterocycles. The van der Waals surface area contributed by atoms with Gasteiger partial charge in [0.05, 0.1) is 11.4 Å². The lowest BCUT2D eigenvalue weighted by molar-refractivity contribution is -0.137. The van der Waals surface area contributed by atoms with Gasteiger partial charge in [0.25, 0.3) is 0 Å². The van der Waals surface area contributed by atoms with Crippen LogP contribution in [0.3, 0.4) is 0 Å². The molecule has 0 spiro atoms. The van der Waals surface area contributed by atoms with Crippen LogP contribution in [0, 0.1) is 0 Å². The van der Waals surface area contributed by atoms with Gasteiger partial charge in [-0.2, -0.15) is 0 Å². The molecule has 0 saturated heterocycles. The van der Waals surface area contributed by atoms with Crippen LogP contribution in [0.2, 0.25) is 0 Å². The predicted octanol–water partition coefficient (Wildman–Crippen LogP) is 3.30. The number of carboxylic acid groups (broad SMARTS) is 1. The van der Waals surface area contributed by atoms with E-state index in [1.54, 1.807) is 0 Å². The van der Waals surface area contributed by atoms with Gasteiger partial charge in [0.15, 0.2) is 0 Å². The predicted molar refractivity (Wildman–Crippen MR) is 85.5 cm³/mol. The van der Waals surface area contributed by atoms with E-state index < -0.39 is 5.97 Å². The van der Waals surface area contributed by atoms with Gasteiger partial charge in [-0.25, -0.2) is 5.01 Å². The molecule has 0 unspecified atom stereocenters. The van der Waals surface area contributed by atoms with E-state index in [1.165, 1.54) is 5.01 Å². The summed E-state index contributed by atoms with van der Waals surface area (Å²) in [5.74, 6) is -1.06. The molecule has 2 N–H and O–H groups in total. The Hall–Kier alpha value is -2.82. The zero-order valence-corrected chi connectivity index (χ0v) is 12.1. The van der Waals surface area contributed by atoms with Crippen LogP contribution in [0.25, 0.3) is 0 Å². The van der Waals surface area contributed by atoms with Crippen molar-refractivity contribution in [2.75, 3.05) is 10.4 Å². The van der Waals surface area contributed by atoms with E-state index in [0.717, 1.165) is 5.69 Å². The van der Waals surface area contributed by atoms with Crippen molar-refractivity contribution >= 4 is 23.3 Å². The SMILES string of the molecule is O=C(O)CCCC(=O)N(Nc1ccccc1)c1ccccc1. The molecule has 0 aliphatic rings. The first kappa shape index (κ1) is 15.6. The standard InChI is InChI=1S/C17H18N2O3/c20-16(12-7-13-17(21)22)19(15-10-5-2-6-11-15)18-14-8-3-1-4-9-14/h1-6,8-11,18H,7,12-13H2,(H,21,22). The highest BCUT2D eigenvalue weighted by Crippen LogP contribution is 2.18. The van der Waals surface area contributed by atoms with Crippen molar-refractivity contribution < 1.29 is 14.7 Å². The van der Waals surface area contributed by atoms with Crippen LogP contribution in [-0.4, -0.2) is 17.0 Å². The van der Waals surface area contributed by atoms with Gasteiger partial charge in [-0.1, -0.05) is 36.4 Å². The van der Waals surface area contributed by atoms with E-state index in [0.29, 0.717) is 12.1 Å². The number of hydrazine groups is 1. The Morgan fingerprint density at radius 2 is 1.50 bits per heavy atom. The van der Waals surface area contributed by atoms with Crippen LogP contribution in [-0.2, 0) is 9.59 Å². The molecule has 2 aromatic rings. The lowest BCUT2D eigenvalue weighted by Crippen LogP contribution is -2.36. The molecule has 5 heteroatoms. The van der Waals surface area contributed by atoms with Gasteiger partial charge in [-0.05, 0) is 30.7 Å². The van der Waals surface area contributed by atoms with Gasteiger partial charge in [-0.3, -0.25) is 15.0 Å². The maximum atomic E-state index is 12.4. The molecule has 0 aliphatic carbocycles. The number of nitrogens with zero attached hydrogens (tertiary/aromatic N) is 1. The minimum Gasteiger partial charge on any atom is -0.481 e. The Labute approximate surface area is 129 Å². The molecule has 0 atom stereocenters. The van der Waals surface area contributed by atoms with Crippen molar-refractivity contribution in [1.29, 1.82) is 0 Å². The van der Waals surface area contributed by atoms with E-state index in [2.05, 4.69) is 5.43 Å². The van der Waals surface area contributed by atoms with Crippen LogP contribution in [0.5, 0.6) is 0 Å². The summed E-state index contributed by atoms with van der Waals surface area (Å²) in [6.07, 6.45) is 0.467. The smallest absolute Gasteiger partial charge is 0.303 e. The number of carbonyl (C=O) groups excluding carboxylic acids is 1. The Bertz CT molecular complexity index is 614. The average Bonchev–Trinajstić information content (AvgIpc) is 2.54. The highest BCUT2D eigenvalue weighted by molar-refractivity contribution is 5.95. The second-order valence-corrected chi connectivity index (χ2v) is 4.79. The Balaban J connectivity index is 2.11. The van der Waals surface area contributed by atoms with E-state index in [4.69, 9.17) is 5.11 Å². The number of nitrogens with one attached hydrogen (secondary N) is 1. The van der Waals surface area contributed by atoms with Gasteiger partial charge in [0, 0.05) is 12.8 Å². The summed E-state index contributed by atoms with van der Waals surface area (Å²) < 4.78 is 0. The maximum Gasteiger partial charge on any atom is 0.303 e. The fourth-order valence-corrected chi connectivity index (χ4v) is 1.99. The molecule has 0 heterocycles. The molecule has 0 fully saturated rings. The Morgan fingerprint density at radius 3 is 2.09 bits per heavy atom. The molecule has 0 bridgehead atoms. The van der Waals surface area contributed by atoms with Crippen molar-refractivity contribution in [3.63, 3.8) is 0 Å². The van der Waals surface area contributed by atoms with Gasteiger partial charge in [0.1, 0.15) is 0 Å². The van der Waals surface area contributed by atoms with Crippen molar-refractivity contribution in [3.8, 4) is 0 Å². The third-order valence-electron chi connectivity index (χ3n) is 3.06. The van der Waals surface area contributed by atoms with E-state index >= 15 is 0 Å². The molecule has 2 rings (SSSR count). The summed E-state index contributed by atoms with van der Waals surface area (Å²) in [6.45, 7) is 0. The minimum atomic E-state index is -0.893. The second-order valence-electron chi connectivity index (χ2n) is 4.79. The zero-order chi connectivity index (χ0) is 15.8. The summed E-state index contributed by atoms with van der Waals surface area (Å²) in [7, 11) is 0. The number of amides is 1. The van der Waals surface area contributed by atoms with Gasteiger partial charge >= 0.3 is 5.97 Å². The number of carboxylic acids is 1. The first-order valence-corrected chi connectivity index (χ1v) is 7.08. The third kappa shape index (κ3) is 4.63. The molecule has 0 aromatic heterocycles. The lowest BCUT2D eigenvalue weighted by Gasteiger charge is -2.24. The maximum absolute atomic E-state index is 12.4. The van der Waals surface area contributed by atoms with Gasteiger partial charge in [0.2, 0.25) is 5.91 Å². The van der Waals surface area contributed by atoms with Crippen molar-refractivity contribution in [3.05, 3.63) is 60.7 Å². The summed E-state index contributed by atoms with van der Waals surface area (Å²) in [5.41, 5.74) is 4.57. The fraction of sp³-hybridized carbons (Fsp3) is 0.176. The molecule has 5 nitrogen and oxygen atoms in total. The molecular weight excluding hydrogens is 280 g/mol. The molecule has 1 amide bonds. The second kappa shape index (κ2) is 7.83. The van der Waals surface area contributed by atoms with E-state index in [9.17, 15) is 9.59 Å². The van der Waals surface area contributed by atoms with Crippen molar-refractivity contribution in [2.45, 2.75) is 19.3 Å². The number of benzene rings is 2. The third-order valence-corrected chi connectivity index (χ3v) is 3.06. The van der Waals surface area contributed by atoms with Crippen LogP contribution in [0.15, 0.2) is 60.7 Å². The van der Waals surface area contributed by atoms with Crippen LogP contribution >= 0.6 is 0 Å².